The molecule has 0 aliphatic carbocycles. The number of anilines is 2. The summed E-state index contributed by atoms with van der Waals surface area (Å²) in [5, 5.41) is 1.14. The van der Waals surface area contributed by atoms with Crippen LogP contribution in [0.4, 0.5) is 10.1 Å². The van der Waals surface area contributed by atoms with Crippen LogP contribution < -0.4 is 11.5 Å². The molecular weight excluding hydrogens is 262 g/mol. The van der Waals surface area contributed by atoms with Crippen molar-refractivity contribution >= 4 is 37.4 Å². The van der Waals surface area contributed by atoms with Crippen LogP contribution >= 0.6 is 27.3 Å². The maximum Gasteiger partial charge on any atom is 0.182 e. The number of nitrogen functional groups attached to an aromatic ring is 2. The number of nitrogens with two attached hydrogens (primary N) is 2. The van der Waals surface area contributed by atoms with Gasteiger partial charge in [-0.05, 0) is 6.07 Å². The molecule has 1 heterocycles. The van der Waals surface area contributed by atoms with Gasteiger partial charge in [-0.25, -0.2) is 4.98 Å². The van der Waals surface area contributed by atoms with Crippen molar-refractivity contribution in [2.45, 2.75) is 0 Å². The minimum Gasteiger partial charge on any atom is -0.389 e. The van der Waals surface area contributed by atoms with Crippen LogP contribution in [0.2, 0.25) is 0 Å². The monoisotopic (exact) mass is 269 g/mol. The first-order valence-corrected chi connectivity index (χ1v) is 5.56. The second-order valence-electron chi connectivity index (χ2n) is 2.74. The fourth-order valence-corrected chi connectivity index (χ4v) is 2.28. The van der Waals surface area contributed by atoms with Gasteiger partial charge in [-0.2, -0.15) is 0 Å². The Labute approximate surface area is 93.9 Å². The molecule has 0 aliphatic heterocycles. The molecule has 0 spiro atoms. The van der Waals surface area contributed by atoms with Crippen LogP contribution in [0.15, 0.2) is 28.7 Å². The number of benzene rings is 1. The highest BCUT2D eigenvalue weighted by atomic mass is 79.9. The zero-order chi connectivity index (χ0) is 10.1. The van der Waals surface area contributed by atoms with Crippen molar-refractivity contribution in [3.8, 4) is 11.3 Å². The molecule has 2 rings (SSSR count). The molecule has 0 saturated carbocycles. The van der Waals surface area contributed by atoms with Gasteiger partial charge in [-0.1, -0.05) is 45.5 Å². The van der Waals surface area contributed by atoms with Crippen molar-refractivity contribution in [2.24, 2.45) is 0 Å². The van der Waals surface area contributed by atoms with Gasteiger partial charge in [0.05, 0.1) is 0 Å². The standard InChI is InChI=1S/C9H8BrN3S/c10-6-4-2-1-3-5(6)7-8(11)14-9(12)13-7/h1-4H,11H2,(H2,12,13). The van der Waals surface area contributed by atoms with Gasteiger partial charge in [-0.15, -0.1) is 0 Å². The van der Waals surface area contributed by atoms with Gasteiger partial charge in [0.15, 0.2) is 5.13 Å². The Hall–Kier alpha value is -1.07. The highest BCUT2D eigenvalue weighted by molar-refractivity contribution is 9.10. The first-order valence-electron chi connectivity index (χ1n) is 3.95. The van der Waals surface area contributed by atoms with Gasteiger partial charge in [0.25, 0.3) is 0 Å². The zero-order valence-electron chi connectivity index (χ0n) is 7.20. The van der Waals surface area contributed by atoms with Crippen LogP contribution in [0.3, 0.4) is 0 Å². The number of aromatic nitrogens is 1. The highest BCUT2D eigenvalue weighted by Gasteiger charge is 2.10. The normalized spacial score (nSPS) is 10.4. The first kappa shape index (κ1) is 9.48. The van der Waals surface area contributed by atoms with Crippen LogP contribution in [0.5, 0.6) is 0 Å². The summed E-state index contributed by atoms with van der Waals surface area (Å²) in [5.41, 5.74) is 13.1. The molecule has 0 fully saturated rings. The fourth-order valence-electron chi connectivity index (χ4n) is 1.20. The maximum absolute atomic E-state index is 5.80. The summed E-state index contributed by atoms with van der Waals surface area (Å²) in [6, 6.07) is 7.79. The molecule has 0 radical (unpaired) electrons. The van der Waals surface area contributed by atoms with Crippen molar-refractivity contribution in [1.82, 2.24) is 4.98 Å². The number of hydrogen-bond donors (Lipinski definition) is 2. The summed E-state index contributed by atoms with van der Waals surface area (Å²) in [6.45, 7) is 0. The van der Waals surface area contributed by atoms with Crippen LogP contribution in [0.25, 0.3) is 11.3 Å². The van der Waals surface area contributed by atoms with Gasteiger partial charge in [0.1, 0.15) is 10.7 Å². The second kappa shape index (κ2) is 3.59. The van der Waals surface area contributed by atoms with Gasteiger partial charge in [-0.3, -0.25) is 0 Å². The summed E-state index contributed by atoms with van der Waals surface area (Å²) in [7, 11) is 0. The summed E-state index contributed by atoms with van der Waals surface area (Å²) < 4.78 is 0.969. The van der Waals surface area contributed by atoms with E-state index in [-0.39, 0.29) is 0 Å². The van der Waals surface area contributed by atoms with Crippen molar-refractivity contribution in [3.63, 3.8) is 0 Å². The lowest BCUT2D eigenvalue weighted by atomic mass is 10.2. The third-order valence-corrected chi connectivity index (χ3v) is 3.20. The van der Waals surface area contributed by atoms with Crippen LogP contribution in [-0.2, 0) is 0 Å². The molecular formula is C9H8BrN3S. The average molecular weight is 270 g/mol. The van der Waals surface area contributed by atoms with Crippen molar-refractivity contribution < 1.29 is 0 Å². The van der Waals surface area contributed by atoms with E-state index in [0.717, 1.165) is 15.7 Å². The van der Waals surface area contributed by atoms with E-state index in [1.165, 1.54) is 11.3 Å². The predicted molar refractivity (Wildman–Crippen MR) is 64.1 cm³/mol. The van der Waals surface area contributed by atoms with Gasteiger partial charge in [0.2, 0.25) is 0 Å². The predicted octanol–water partition coefficient (Wildman–Crippen LogP) is 2.74. The fraction of sp³-hybridized carbons (Fsp3) is 0. The van der Waals surface area contributed by atoms with Crippen molar-refractivity contribution in [2.75, 3.05) is 11.5 Å². The molecule has 14 heavy (non-hydrogen) atoms. The van der Waals surface area contributed by atoms with E-state index in [9.17, 15) is 0 Å². The molecule has 4 N–H and O–H groups in total. The molecule has 3 nitrogen and oxygen atoms in total. The van der Waals surface area contributed by atoms with Crippen LogP contribution in [0, 0.1) is 0 Å². The molecule has 0 unspecified atom stereocenters. The molecule has 0 amide bonds. The lowest BCUT2D eigenvalue weighted by molar-refractivity contribution is 1.40. The minimum atomic E-state index is 0.494. The SMILES string of the molecule is Nc1nc(-c2ccccc2Br)c(N)s1. The minimum absolute atomic E-state index is 0.494. The summed E-state index contributed by atoms with van der Waals surface area (Å²) in [6.07, 6.45) is 0. The third-order valence-electron chi connectivity index (χ3n) is 1.80. The average Bonchev–Trinajstić information content (AvgIpc) is 2.46. The van der Waals surface area contributed by atoms with Crippen molar-refractivity contribution in [3.05, 3.63) is 28.7 Å². The van der Waals surface area contributed by atoms with Gasteiger partial charge in [0, 0.05) is 10.0 Å². The van der Waals surface area contributed by atoms with Crippen LogP contribution in [-0.4, -0.2) is 4.98 Å². The Morgan fingerprint density at radius 3 is 2.50 bits per heavy atom. The Kier molecular flexibility index (Phi) is 2.43. The first-order chi connectivity index (χ1) is 6.68. The molecule has 1 aromatic carbocycles. The lowest BCUT2D eigenvalue weighted by Crippen LogP contribution is -1.87. The van der Waals surface area contributed by atoms with Gasteiger partial charge < -0.3 is 11.5 Å². The van der Waals surface area contributed by atoms with E-state index in [1.807, 2.05) is 24.3 Å². The Morgan fingerprint density at radius 1 is 1.21 bits per heavy atom. The van der Waals surface area contributed by atoms with E-state index in [4.69, 9.17) is 11.5 Å². The van der Waals surface area contributed by atoms with E-state index < -0.39 is 0 Å². The van der Waals surface area contributed by atoms with E-state index in [1.54, 1.807) is 0 Å². The number of nitrogens with zero attached hydrogens (tertiary/aromatic N) is 1. The molecule has 72 valence electrons. The second-order valence-corrected chi connectivity index (χ2v) is 4.66. The Bertz CT molecular complexity index is 467. The summed E-state index contributed by atoms with van der Waals surface area (Å²) >= 11 is 4.74. The quantitative estimate of drug-likeness (QED) is 0.837. The molecule has 0 saturated heterocycles. The number of thiazole rings is 1. The van der Waals surface area contributed by atoms with Crippen molar-refractivity contribution in [1.29, 1.82) is 0 Å². The zero-order valence-corrected chi connectivity index (χ0v) is 9.60. The maximum atomic E-state index is 5.80. The van der Waals surface area contributed by atoms with Gasteiger partial charge >= 0.3 is 0 Å². The number of hydrogen-bond acceptors (Lipinski definition) is 4. The highest BCUT2D eigenvalue weighted by Crippen LogP contribution is 2.35. The molecule has 5 heteroatoms. The summed E-state index contributed by atoms with van der Waals surface area (Å²) in [5.74, 6) is 0. The smallest absolute Gasteiger partial charge is 0.182 e. The van der Waals surface area contributed by atoms with E-state index >= 15 is 0 Å². The molecule has 2 aromatic rings. The molecule has 0 bridgehead atoms. The lowest BCUT2D eigenvalue weighted by Gasteiger charge is -2.00. The topological polar surface area (TPSA) is 64.9 Å². The number of rotatable bonds is 1. The Balaban J connectivity index is 2.60. The Morgan fingerprint density at radius 2 is 1.93 bits per heavy atom. The molecule has 0 atom stereocenters. The van der Waals surface area contributed by atoms with Crippen LogP contribution in [0.1, 0.15) is 0 Å². The largest absolute Gasteiger partial charge is 0.389 e. The number of halogens is 1. The molecule has 1 aromatic heterocycles. The molecule has 0 aliphatic rings. The van der Waals surface area contributed by atoms with E-state index in [0.29, 0.717) is 10.1 Å². The third kappa shape index (κ3) is 1.60. The van der Waals surface area contributed by atoms with E-state index in [2.05, 4.69) is 20.9 Å². The summed E-state index contributed by atoms with van der Waals surface area (Å²) in [4.78, 5) is 4.18.